The second-order valence-corrected chi connectivity index (χ2v) is 4.19. The Morgan fingerprint density at radius 2 is 2.13 bits per heavy atom. The molecular formula is C11H15NO2S. The van der Waals surface area contributed by atoms with Crippen LogP contribution in [0.25, 0.3) is 0 Å². The van der Waals surface area contributed by atoms with Crippen molar-refractivity contribution in [1.82, 2.24) is 0 Å². The van der Waals surface area contributed by atoms with E-state index in [9.17, 15) is 4.79 Å². The zero-order valence-corrected chi connectivity index (χ0v) is 9.50. The first-order valence-corrected chi connectivity index (χ1v) is 5.30. The summed E-state index contributed by atoms with van der Waals surface area (Å²) in [4.78, 5) is 10.8. The predicted octanol–water partition coefficient (Wildman–Crippen LogP) is 1.46. The Kier molecular flexibility index (Phi) is 3.77. The van der Waals surface area contributed by atoms with Crippen LogP contribution in [0.5, 0.6) is 0 Å². The second-order valence-electron chi connectivity index (χ2n) is 3.88. The smallest absolute Gasteiger partial charge is 0.323 e. The van der Waals surface area contributed by atoms with Gasteiger partial charge in [-0.15, -0.1) is 0 Å². The van der Waals surface area contributed by atoms with Gasteiger partial charge in [0.25, 0.3) is 0 Å². The van der Waals surface area contributed by atoms with E-state index in [4.69, 9.17) is 10.8 Å². The summed E-state index contributed by atoms with van der Waals surface area (Å²) in [6.45, 7) is 1.52. The summed E-state index contributed by atoms with van der Waals surface area (Å²) < 4.78 is 0. The summed E-state index contributed by atoms with van der Waals surface area (Å²) in [5.41, 5.74) is 6.44. The number of carbonyl (C=O) groups is 1. The van der Waals surface area contributed by atoms with E-state index < -0.39 is 11.5 Å². The number of nitrogens with two attached hydrogens (primary N) is 1. The van der Waals surface area contributed by atoms with Crippen LogP contribution in [0, 0.1) is 0 Å². The van der Waals surface area contributed by atoms with Crippen LogP contribution in [0.4, 0.5) is 0 Å². The Labute approximate surface area is 94.7 Å². The molecule has 0 heterocycles. The molecule has 3 nitrogen and oxygen atoms in total. The zero-order chi connectivity index (χ0) is 11.5. The van der Waals surface area contributed by atoms with Crippen LogP contribution < -0.4 is 5.73 Å². The van der Waals surface area contributed by atoms with Crippen molar-refractivity contribution < 1.29 is 9.90 Å². The lowest BCUT2D eigenvalue weighted by Gasteiger charge is -2.19. The molecule has 15 heavy (non-hydrogen) atoms. The van der Waals surface area contributed by atoms with Crippen LogP contribution in [0.2, 0.25) is 0 Å². The number of aliphatic carboxylic acids is 1. The van der Waals surface area contributed by atoms with E-state index in [1.807, 2.05) is 24.3 Å². The van der Waals surface area contributed by atoms with Crippen LogP contribution in [-0.2, 0) is 17.0 Å². The Morgan fingerprint density at radius 3 is 2.67 bits per heavy atom. The van der Waals surface area contributed by atoms with Gasteiger partial charge in [0.05, 0.1) is 0 Å². The molecule has 0 aromatic heterocycles. The number of benzene rings is 1. The number of hydrogen-bond donors (Lipinski definition) is 3. The van der Waals surface area contributed by atoms with E-state index in [0.717, 1.165) is 11.1 Å². The maximum absolute atomic E-state index is 10.8. The predicted molar refractivity (Wildman–Crippen MR) is 63.1 cm³/mol. The molecule has 0 aliphatic rings. The Balaban J connectivity index is 2.85. The third-order valence-electron chi connectivity index (χ3n) is 2.23. The second kappa shape index (κ2) is 4.68. The molecule has 0 saturated carbocycles. The number of rotatable bonds is 4. The first-order chi connectivity index (χ1) is 6.95. The van der Waals surface area contributed by atoms with E-state index in [1.54, 1.807) is 0 Å². The van der Waals surface area contributed by atoms with Gasteiger partial charge in [0.2, 0.25) is 0 Å². The Hall–Kier alpha value is -1.00. The minimum absolute atomic E-state index is 0.323. The highest BCUT2D eigenvalue weighted by Gasteiger charge is 2.27. The fraction of sp³-hybridized carbons (Fsp3) is 0.364. The largest absolute Gasteiger partial charge is 0.480 e. The van der Waals surface area contributed by atoms with Crippen LogP contribution in [0.1, 0.15) is 18.1 Å². The lowest BCUT2D eigenvalue weighted by Crippen LogP contribution is -2.46. The van der Waals surface area contributed by atoms with Gasteiger partial charge in [0.1, 0.15) is 5.54 Å². The van der Waals surface area contributed by atoms with Crippen LogP contribution in [-0.4, -0.2) is 16.6 Å². The summed E-state index contributed by atoms with van der Waals surface area (Å²) in [6, 6.07) is 7.64. The molecule has 0 aliphatic carbocycles. The molecule has 1 aromatic carbocycles. The van der Waals surface area contributed by atoms with Crippen molar-refractivity contribution in [2.75, 3.05) is 0 Å². The van der Waals surface area contributed by atoms with Crippen molar-refractivity contribution in [2.45, 2.75) is 24.6 Å². The molecule has 82 valence electrons. The molecule has 0 radical (unpaired) electrons. The van der Waals surface area contributed by atoms with Gasteiger partial charge in [-0.3, -0.25) is 4.79 Å². The molecule has 1 aromatic rings. The zero-order valence-electron chi connectivity index (χ0n) is 8.60. The van der Waals surface area contributed by atoms with E-state index in [-0.39, 0.29) is 0 Å². The highest BCUT2D eigenvalue weighted by Crippen LogP contribution is 2.14. The molecule has 0 aliphatic heterocycles. The highest BCUT2D eigenvalue weighted by atomic mass is 32.1. The van der Waals surface area contributed by atoms with E-state index in [1.165, 1.54) is 6.92 Å². The molecule has 1 atom stereocenters. The first-order valence-electron chi connectivity index (χ1n) is 4.66. The van der Waals surface area contributed by atoms with Gasteiger partial charge in [0.15, 0.2) is 0 Å². The molecule has 0 fully saturated rings. The van der Waals surface area contributed by atoms with Crippen LogP contribution in [0.15, 0.2) is 24.3 Å². The SMILES string of the molecule is CC(N)(Cc1cccc(CS)c1)C(=O)O. The lowest BCUT2D eigenvalue weighted by molar-refractivity contribution is -0.142. The number of hydrogen-bond acceptors (Lipinski definition) is 3. The summed E-state index contributed by atoms with van der Waals surface area (Å²) in [7, 11) is 0. The molecule has 4 heteroatoms. The van der Waals surface area contributed by atoms with Crippen molar-refractivity contribution in [3.63, 3.8) is 0 Å². The molecular weight excluding hydrogens is 210 g/mol. The van der Waals surface area contributed by atoms with Gasteiger partial charge in [-0.2, -0.15) is 12.6 Å². The minimum atomic E-state index is -1.21. The molecule has 1 unspecified atom stereocenters. The van der Waals surface area contributed by atoms with Crippen LogP contribution in [0.3, 0.4) is 0 Å². The van der Waals surface area contributed by atoms with Crippen LogP contribution >= 0.6 is 12.6 Å². The third kappa shape index (κ3) is 3.25. The van der Waals surface area contributed by atoms with Crippen molar-refractivity contribution in [1.29, 1.82) is 0 Å². The third-order valence-corrected chi connectivity index (χ3v) is 2.60. The van der Waals surface area contributed by atoms with E-state index in [2.05, 4.69) is 12.6 Å². The number of carboxylic acid groups (broad SMARTS) is 1. The van der Waals surface area contributed by atoms with E-state index in [0.29, 0.717) is 12.2 Å². The average Bonchev–Trinajstić information content (AvgIpc) is 2.17. The summed E-state index contributed by atoms with van der Waals surface area (Å²) in [6.07, 6.45) is 0.323. The molecule has 0 saturated heterocycles. The standard InChI is InChI=1S/C11H15NO2S/c1-11(12,10(13)14)6-8-3-2-4-9(5-8)7-15/h2-5,15H,6-7,12H2,1H3,(H,13,14). The average molecular weight is 225 g/mol. The van der Waals surface area contributed by atoms with Gasteiger partial charge in [-0.25, -0.2) is 0 Å². The van der Waals surface area contributed by atoms with Gasteiger partial charge >= 0.3 is 5.97 Å². The normalized spacial score (nSPS) is 14.6. The van der Waals surface area contributed by atoms with Gasteiger partial charge in [-0.05, 0) is 18.1 Å². The monoisotopic (exact) mass is 225 g/mol. The Bertz CT molecular complexity index is 363. The van der Waals surface area contributed by atoms with Crippen molar-refractivity contribution in [3.8, 4) is 0 Å². The molecule has 0 bridgehead atoms. The lowest BCUT2D eigenvalue weighted by atomic mass is 9.93. The van der Waals surface area contributed by atoms with Crippen molar-refractivity contribution in [3.05, 3.63) is 35.4 Å². The maximum atomic E-state index is 10.8. The fourth-order valence-electron chi connectivity index (χ4n) is 1.34. The molecule has 0 amide bonds. The van der Waals surface area contributed by atoms with Crippen molar-refractivity contribution >= 4 is 18.6 Å². The summed E-state index contributed by atoms with van der Waals surface area (Å²) in [5.74, 6) is -0.346. The minimum Gasteiger partial charge on any atom is -0.480 e. The molecule has 3 N–H and O–H groups in total. The molecule has 1 rings (SSSR count). The van der Waals surface area contributed by atoms with Gasteiger partial charge in [-0.1, -0.05) is 24.3 Å². The number of thiol groups is 1. The number of carboxylic acids is 1. The summed E-state index contributed by atoms with van der Waals surface area (Å²) >= 11 is 4.16. The Morgan fingerprint density at radius 1 is 1.53 bits per heavy atom. The maximum Gasteiger partial charge on any atom is 0.323 e. The highest BCUT2D eigenvalue weighted by molar-refractivity contribution is 7.79. The van der Waals surface area contributed by atoms with E-state index >= 15 is 0 Å². The summed E-state index contributed by atoms with van der Waals surface area (Å²) in [5, 5.41) is 8.89. The van der Waals surface area contributed by atoms with Crippen molar-refractivity contribution in [2.24, 2.45) is 5.73 Å². The fourth-order valence-corrected chi connectivity index (χ4v) is 1.53. The molecule has 0 spiro atoms. The van der Waals surface area contributed by atoms with Gasteiger partial charge < -0.3 is 10.8 Å². The topological polar surface area (TPSA) is 63.3 Å². The quantitative estimate of drug-likeness (QED) is 0.680. The van der Waals surface area contributed by atoms with Gasteiger partial charge in [0, 0.05) is 12.2 Å². The first kappa shape index (κ1) is 12.1.